The van der Waals surface area contributed by atoms with Crippen LogP contribution in [0.2, 0.25) is 0 Å². The number of aliphatic carboxylic acids is 1. The monoisotopic (exact) mass is 285 g/mol. The lowest BCUT2D eigenvalue weighted by Crippen LogP contribution is -2.58. The molecule has 3 amide bonds. The van der Waals surface area contributed by atoms with E-state index in [1.165, 1.54) is 4.90 Å². The minimum Gasteiger partial charge on any atom is -0.481 e. The molecule has 20 heavy (non-hydrogen) atoms. The first kappa shape index (κ1) is 14.3. The molecule has 0 radical (unpaired) electrons. The average molecular weight is 285 g/mol. The molecule has 0 aliphatic carbocycles. The minimum absolute atomic E-state index is 0.156. The highest BCUT2D eigenvalue weighted by Crippen LogP contribution is 2.11. The maximum atomic E-state index is 12.0. The molecule has 0 spiro atoms. The molecule has 2 aliphatic rings. The molecule has 1 unspecified atom stereocenters. The Kier molecular flexibility index (Phi) is 4.18. The summed E-state index contributed by atoms with van der Waals surface area (Å²) in [4.78, 5) is 48.1. The average Bonchev–Trinajstić information content (AvgIpc) is 2.79. The smallest absolute Gasteiger partial charge is 0.416 e. The van der Waals surface area contributed by atoms with Gasteiger partial charge < -0.3 is 15.2 Å². The Bertz CT molecular complexity index is 451. The number of nitrogens with one attached hydrogen (secondary N) is 1. The number of piperazine rings is 1. The standard InChI is InChI=1S/C11H15N3O6/c15-8(14-3-4-20-11(14)19)6-13-2-1-12-10(18)7(13)5-9(16)17/h7H,1-6H2,(H,12,18)(H,16,17). The Morgan fingerprint density at radius 2 is 2.10 bits per heavy atom. The fraction of sp³-hybridized carbons (Fsp3) is 0.636. The van der Waals surface area contributed by atoms with Gasteiger partial charge in [0.25, 0.3) is 0 Å². The normalized spacial score (nSPS) is 23.4. The van der Waals surface area contributed by atoms with Crippen molar-refractivity contribution in [2.24, 2.45) is 0 Å². The summed E-state index contributed by atoms with van der Waals surface area (Å²) in [7, 11) is 0. The van der Waals surface area contributed by atoms with Crippen molar-refractivity contribution in [3.8, 4) is 0 Å². The zero-order valence-corrected chi connectivity index (χ0v) is 10.7. The predicted molar refractivity (Wildman–Crippen MR) is 63.7 cm³/mol. The Hall–Kier alpha value is -2.16. The van der Waals surface area contributed by atoms with Gasteiger partial charge in [-0.25, -0.2) is 9.69 Å². The molecular weight excluding hydrogens is 270 g/mol. The number of carboxylic acids is 1. The van der Waals surface area contributed by atoms with E-state index in [0.29, 0.717) is 13.1 Å². The summed E-state index contributed by atoms with van der Waals surface area (Å²) in [6.07, 6.45) is -1.09. The van der Waals surface area contributed by atoms with E-state index < -0.39 is 29.9 Å². The molecule has 9 heteroatoms. The van der Waals surface area contributed by atoms with Crippen molar-refractivity contribution < 1.29 is 29.0 Å². The molecule has 9 nitrogen and oxygen atoms in total. The molecule has 2 saturated heterocycles. The molecule has 2 aliphatic heterocycles. The predicted octanol–water partition coefficient (Wildman–Crippen LogP) is -1.76. The van der Waals surface area contributed by atoms with E-state index in [9.17, 15) is 19.2 Å². The first-order chi connectivity index (χ1) is 9.49. The van der Waals surface area contributed by atoms with E-state index in [-0.39, 0.29) is 26.1 Å². The van der Waals surface area contributed by atoms with Crippen molar-refractivity contribution in [1.82, 2.24) is 15.1 Å². The Morgan fingerprint density at radius 1 is 1.35 bits per heavy atom. The first-order valence-corrected chi connectivity index (χ1v) is 6.19. The van der Waals surface area contributed by atoms with Gasteiger partial charge in [-0.3, -0.25) is 19.3 Å². The number of carbonyl (C=O) groups is 4. The second-order valence-corrected chi connectivity index (χ2v) is 4.53. The highest BCUT2D eigenvalue weighted by atomic mass is 16.6. The molecule has 0 aromatic carbocycles. The first-order valence-electron chi connectivity index (χ1n) is 6.19. The van der Waals surface area contributed by atoms with Crippen LogP contribution in [-0.2, 0) is 19.1 Å². The Labute approximate surface area is 114 Å². The largest absolute Gasteiger partial charge is 0.481 e. The lowest BCUT2D eigenvalue weighted by Gasteiger charge is -2.34. The van der Waals surface area contributed by atoms with Crippen molar-refractivity contribution in [3.63, 3.8) is 0 Å². The molecule has 0 saturated carbocycles. The van der Waals surface area contributed by atoms with Crippen molar-refractivity contribution in [1.29, 1.82) is 0 Å². The van der Waals surface area contributed by atoms with E-state index in [0.717, 1.165) is 4.90 Å². The molecule has 0 aromatic rings. The number of amides is 3. The van der Waals surface area contributed by atoms with E-state index in [1.54, 1.807) is 0 Å². The number of nitrogens with zero attached hydrogens (tertiary/aromatic N) is 2. The second kappa shape index (κ2) is 5.87. The van der Waals surface area contributed by atoms with E-state index in [4.69, 9.17) is 5.11 Å². The number of hydrogen-bond donors (Lipinski definition) is 2. The molecule has 1 atom stereocenters. The zero-order chi connectivity index (χ0) is 14.7. The highest BCUT2D eigenvalue weighted by Gasteiger charge is 2.35. The van der Waals surface area contributed by atoms with Crippen LogP contribution in [0.1, 0.15) is 6.42 Å². The van der Waals surface area contributed by atoms with Gasteiger partial charge in [0.1, 0.15) is 12.6 Å². The summed E-state index contributed by atoms with van der Waals surface area (Å²) in [5.74, 6) is -2.03. The van der Waals surface area contributed by atoms with Crippen LogP contribution in [0.25, 0.3) is 0 Å². The van der Waals surface area contributed by atoms with Gasteiger partial charge in [-0.1, -0.05) is 0 Å². The lowest BCUT2D eigenvalue weighted by atomic mass is 10.1. The van der Waals surface area contributed by atoms with E-state index in [2.05, 4.69) is 10.1 Å². The summed E-state index contributed by atoms with van der Waals surface area (Å²) in [6.45, 7) is 0.858. The number of cyclic esters (lactones) is 1. The summed E-state index contributed by atoms with van der Waals surface area (Å²) in [5.41, 5.74) is 0. The fourth-order valence-corrected chi connectivity index (χ4v) is 2.22. The summed E-state index contributed by atoms with van der Waals surface area (Å²) >= 11 is 0. The number of imide groups is 1. The van der Waals surface area contributed by atoms with E-state index >= 15 is 0 Å². The van der Waals surface area contributed by atoms with Gasteiger partial charge in [-0.15, -0.1) is 0 Å². The SMILES string of the molecule is O=C(O)CC1C(=O)NCCN1CC(=O)N1CCOC1=O. The maximum Gasteiger partial charge on any atom is 0.416 e. The van der Waals surface area contributed by atoms with Gasteiger partial charge in [0.2, 0.25) is 11.8 Å². The number of hydrogen-bond acceptors (Lipinski definition) is 6. The molecule has 2 N–H and O–H groups in total. The molecule has 2 fully saturated rings. The topological polar surface area (TPSA) is 116 Å². The minimum atomic E-state index is -1.12. The van der Waals surface area contributed by atoms with Crippen molar-refractivity contribution in [2.75, 3.05) is 32.8 Å². The molecule has 2 rings (SSSR count). The highest BCUT2D eigenvalue weighted by molar-refractivity contribution is 5.94. The van der Waals surface area contributed by atoms with Crippen LogP contribution in [-0.4, -0.2) is 77.6 Å². The number of carboxylic acid groups (broad SMARTS) is 1. The van der Waals surface area contributed by atoms with Crippen LogP contribution < -0.4 is 5.32 Å². The van der Waals surface area contributed by atoms with E-state index in [1.807, 2.05) is 0 Å². The Morgan fingerprint density at radius 3 is 2.70 bits per heavy atom. The summed E-state index contributed by atoms with van der Waals surface area (Å²) in [6, 6.07) is -0.899. The van der Waals surface area contributed by atoms with Crippen LogP contribution in [0, 0.1) is 0 Å². The van der Waals surface area contributed by atoms with Gasteiger partial charge in [-0.05, 0) is 0 Å². The summed E-state index contributed by atoms with van der Waals surface area (Å²) < 4.78 is 4.66. The second-order valence-electron chi connectivity index (χ2n) is 4.53. The van der Waals surface area contributed by atoms with Crippen LogP contribution in [0.15, 0.2) is 0 Å². The third-order valence-electron chi connectivity index (χ3n) is 3.21. The fourth-order valence-electron chi connectivity index (χ4n) is 2.22. The van der Waals surface area contributed by atoms with Crippen molar-refractivity contribution in [2.45, 2.75) is 12.5 Å². The summed E-state index contributed by atoms with van der Waals surface area (Å²) in [5, 5.41) is 11.4. The Balaban J connectivity index is 2.01. The molecule has 0 bridgehead atoms. The molecule has 110 valence electrons. The molecule has 2 heterocycles. The van der Waals surface area contributed by atoms with Gasteiger partial charge >= 0.3 is 12.1 Å². The van der Waals surface area contributed by atoms with Crippen LogP contribution in [0.4, 0.5) is 4.79 Å². The lowest BCUT2D eigenvalue weighted by molar-refractivity contribution is -0.144. The zero-order valence-electron chi connectivity index (χ0n) is 10.7. The van der Waals surface area contributed by atoms with Crippen LogP contribution in [0.3, 0.4) is 0 Å². The number of ether oxygens (including phenoxy) is 1. The van der Waals surface area contributed by atoms with Crippen LogP contribution in [0.5, 0.6) is 0 Å². The van der Waals surface area contributed by atoms with Crippen molar-refractivity contribution in [3.05, 3.63) is 0 Å². The van der Waals surface area contributed by atoms with Gasteiger partial charge in [0.05, 0.1) is 19.5 Å². The molecule has 0 aromatic heterocycles. The molecular formula is C11H15N3O6. The van der Waals surface area contributed by atoms with Crippen LogP contribution >= 0.6 is 0 Å². The van der Waals surface area contributed by atoms with Gasteiger partial charge in [-0.2, -0.15) is 0 Å². The number of carbonyl (C=O) groups excluding carboxylic acids is 3. The third-order valence-corrected chi connectivity index (χ3v) is 3.21. The third kappa shape index (κ3) is 3.05. The number of rotatable bonds is 4. The quantitative estimate of drug-likeness (QED) is 0.628. The van der Waals surface area contributed by atoms with Gasteiger partial charge in [0.15, 0.2) is 0 Å². The van der Waals surface area contributed by atoms with Gasteiger partial charge in [0, 0.05) is 13.1 Å². The maximum absolute atomic E-state index is 12.0. The van der Waals surface area contributed by atoms with Crippen molar-refractivity contribution >= 4 is 23.9 Å².